The highest BCUT2D eigenvalue weighted by Crippen LogP contribution is 2.17. The molecular weight excluding hydrogens is 148 g/mol. The van der Waals surface area contributed by atoms with Crippen molar-refractivity contribution in [2.45, 2.75) is 13.8 Å². The molecule has 0 atom stereocenters. The average Bonchev–Trinajstić information content (AvgIpc) is 2.12. The van der Waals surface area contributed by atoms with Gasteiger partial charge in [-0.2, -0.15) is 10.2 Å². The number of nitrogens with zero attached hydrogens (tertiary/aromatic N) is 2. The highest BCUT2D eigenvalue weighted by molar-refractivity contribution is 5.85. The maximum Gasteiger partial charge on any atom is 0.0678 e. The van der Waals surface area contributed by atoms with Crippen LogP contribution in [-0.4, -0.2) is 10.2 Å². The largest absolute Gasteiger partial charge is 0.155 e. The maximum atomic E-state index is 4.06. The van der Waals surface area contributed by atoms with E-state index < -0.39 is 0 Å². The van der Waals surface area contributed by atoms with Gasteiger partial charge in [0.15, 0.2) is 0 Å². The number of hydrogen-bond donors (Lipinski definition) is 0. The van der Waals surface area contributed by atoms with Crippen LogP contribution in [0.25, 0.3) is 10.8 Å². The lowest BCUT2D eigenvalue weighted by atomic mass is 10.1. The summed E-state index contributed by atoms with van der Waals surface area (Å²) < 4.78 is 0. The fourth-order valence-corrected chi connectivity index (χ4v) is 1.37. The zero-order valence-corrected chi connectivity index (χ0v) is 7.20. The SMILES string of the molecule is Cc1nnc(C)c2ccccc12. The van der Waals surface area contributed by atoms with E-state index in [0.29, 0.717) is 0 Å². The Morgan fingerprint density at radius 2 is 1.25 bits per heavy atom. The van der Waals surface area contributed by atoms with Gasteiger partial charge in [-0.3, -0.25) is 0 Å². The van der Waals surface area contributed by atoms with Crippen molar-refractivity contribution in [1.29, 1.82) is 0 Å². The van der Waals surface area contributed by atoms with E-state index >= 15 is 0 Å². The van der Waals surface area contributed by atoms with Crippen LogP contribution in [0.1, 0.15) is 11.4 Å². The van der Waals surface area contributed by atoms with Crippen LogP contribution in [0.5, 0.6) is 0 Å². The van der Waals surface area contributed by atoms with Gasteiger partial charge in [0, 0.05) is 10.8 Å². The van der Waals surface area contributed by atoms with E-state index in [1.54, 1.807) is 0 Å². The minimum absolute atomic E-state index is 0.996. The Balaban J connectivity index is 2.95. The number of aryl methyl sites for hydroxylation is 2. The molecule has 0 aliphatic rings. The van der Waals surface area contributed by atoms with E-state index in [2.05, 4.69) is 22.3 Å². The molecule has 2 nitrogen and oxygen atoms in total. The Hall–Kier alpha value is -1.44. The van der Waals surface area contributed by atoms with Crippen LogP contribution in [0.4, 0.5) is 0 Å². The first kappa shape index (κ1) is 7.22. The van der Waals surface area contributed by atoms with Crippen molar-refractivity contribution in [1.82, 2.24) is 10.2 Å². The van der Waals surface area contributed by atoms with Gasteiger partial charge in [0.2, 0.25) is 0 Å². The Morgan fingerprint density at radius 3 is 1.67 bits per heavy atom. The summed E-state index contributed by atoms with van der Waals surface area (Å²) in [6, 6.07) is 8.20. The molecule has 0 amide bonds. The molecule has 1 heterocycles. The van der Waals surface area contributed by atoms with Gasteiger partial charge in [-0.25, -0.2) is 0 Å². The second-order valence-corrected chi connectivity index (χ2v) is 2.92. The molecule has 2 heteroatoms. The van der Waals surface area contributed by atoms with Gasteiger partial charge >= 0.3 is 0 Å². The molecule has 0 aliphatic heterocycles. The molecular formula is C10H10N2. The number of hydrogen-bond acceptors (Lipinski definition) is 2. The summed E-state index contributed by atoms with van der Waals surface area (Å²) in [5, 5.41) is 10.5. The average molecular weight is 158 g/mol. The van der Waals surface area contributed by atoms with Crippen LogP contribution in [0.3, 0.4) is 0 Å². The zero-order chi connectivity index (χ0) is 8.55. The van der Waals surface area contributed by atoms with Gasteiger partial charge in [-0.1, -0.05) is 24.3 Å². The summed E-state index contributed by atoms with van der Waals surface area (Å²) in [6.45, 7) is 3.96. The van der Waals surface area contributed by atoms with Crippen molar-refractivity contribution in [2.75, 3.05) is 0 Å². The van der Waals surface area contributed by atoms with E-state index in [1.807, 2.05) is 26.0 Å². The number of rotatable bonds is 0. The first-order valence-corrected chi connectivity index (χ1v) is 3.97. The standard InChI is InChI=1S/C10H10N2/c1-7-9-5-3-4-6-10(9)8(2)12-11-7/h3-6H,1-2H3. The minimum atomic E-state index is 0.996. The predicted octanol–water partition coefficient (Wildman–Crippen LogP) is 2.25. The topological polar surface area (TPSA) is 25.8 Å². The Morgan fingerprint density at radius 1 is 0.833 bits per heavy atom. The monoisotopic (exact) mass is 158 g/mol. The molecule has 2 rings (SSSR count). The van der Waals surface area contributed by atoms with Crippen molar-refractivity contribution >= 4 is 10.8 Å². The van der Waals surface area contributed by atoms with Crippen LogP contribution in [0.2, 0.25) is 0 Å². The molecule has 0 bridgehead atoms. The van der Waals surface area contributed by atoms with Gasteiger partial charge < -0.3 is 0 Å². The summed E-state index contributed by atoms with van der Waals surface area (Å²) >= 11 is 0. The molecule has 0 saturated heterocycles. The van der Waals surface area contributed by atoms with Gasteiger partial charge in [-0.05, 0) is 13.8 Å². The van der Waals surface area contributed by atoms with E-state index in [1.165, 1.54) is 10.8 Å². The zero-order valence-electron chi connectivity index (χ0n) is 7.20. The van der Waals surface area contributed by atoms with Crippen LogP contribution >= 0.6 is 0 Å². The first-order valence-electron chi connectivity index (χ1n) is 3.97. The van der Waals surface area contributed by atoms with Crippen LogP contribution < -0.4 is 0 Å². The number of fused-ring (bicyclic) bond motifs is 1. The Labute approximate surface area is 71.3 Å². The molecule has 0 radical (unpaired) electrons. The molecule has 0 aliphatic carbocycles. The normalized spacial score (nSPS) is 10.5. The van der Waals surface area contributed by atoms with E-state index in [4.69, 9.17) is 0 Å². The lowest BCUT2D eigenvalue weighted by Crippen LogP contribution is -1.91. The van der Waals surface area contributed by atoms with E-state index in [9.17, 15) is 0 Å². The molecule has 12 heavy (non-hydrogen) atoms. The second-order valence-electron chi connectivity index (χ2n) is 2.92. The fraction of sp³-hybridized carbons (Fsp3) is 0.200. The maximum absolute atomic E-state index is 4.06. The lowest BCUT2D eigenvalue weighted by molar-refractivity contribution is 0.964. The molecule has 0 unspecified atom stereocenters. The fourth-order valence-electron chi connectivity index (χ4n) is 1.37. The molecule has 0 saturated carbocycles. The lowest BCUT2D eigenvalue weighted by Gasteiger charge is -2.01. The van der Waals surface area contributed by atoms with Crippen molar-refractivity contribution in [3.05, 3.63) is 35.7 Å². The van der Waals surface area contributed by atoms with Crippen molar-refractivity contribution in [3.8, 4) is 0 Å². The molecule has 0 fully saturated rings. The molecule has 2 aromatic rings. The van der Waals surface area contributed by atoms with E-state index in [0.717, 1.165) is 11.4 Å². The molecule has 1 aromatic carbocycles. The highest BCUT2D eigenvalue weighted by Gasteiger charge is 2.00. The van der Waals surface area contributed by atoms with Gasteiger partial charge in [0.05, 0.1) is 11.4 Å². The molecule has 1 aromatic heterocycles. The minimum Gasteiger partial charge on any atom is -0.155 e. The summed E-state index contributed by atoms with van der Waals surface area (Å²) in [4.78, 5) is 0. The molecule has 60 valence electrons. The third kappa shape index (κ3) is 0.961. The Kier molecular flexibility index (Phi) is 1.54. The van der Waals surface area contributed by atoms with Crippen LogP contribution in [0.15, 0.2) is 24.3 Å². The third-order valence-electron chi connectivity index (χ3n) is 2.06. The van der Waals surface area contributed by atoms with Crippen molar-refractivity contribution in [3.63, 3.8) is 0 Å². The Bertz CT molecular complexity index is 381. The highest BCUT2D eigenvalue weighted by atomic mass is 15.1. The van der Waals surface area contributed by atoms with Crippen LogP contribution in [-0.2, 0) is 0 Å². The van der Waals surface area contributed by atoms with Gasteiger partial charge in [-0.15, -0.1) is 0 Å². The third-order valence-corrected chi connectivity index (χ3v) is 2.06. The summed E-state index contributed by atoms with van der Waals surface area (Å²) in [5.41, 5.74) is 1.99. The molecule has 0 N–H and O–H groups in total. The van der Waals surface area contributed by atoms with Crippen molar-refractivity contribution < 1.29 is 0 Å². The summed E-state index contributed by atoms with van der Waals surface area (Å²) in [6.07, 6.45) is 0. The molecule has 0 spiro atoms. The summed E-state index contributed by atoms with van der Waals surface area (Å²) in [5.74, 6) is 0. The van der Waals surface area contributed by atoms with Crippen molar-refractivity contribution in [2.24, 2.45) is 0 Å². The number of benzene rings is 1. The van der Waals surface area contributed by atoms with Gasteiger partial charge in [0.1, 0.15) is 0 Å². The summed E-state index contributed by atoms with van der Waals surface area (Å²) in [7, 11) is 0. The van der Waals surface area contributed by atoms with Gasteiger partial charge in [0.25, 0.3) is 0 Å². The quantitative estimate of drug-likeness (QED) is 0.587. The smallest absolute Gasteiger partial charge is 0.0678 e. The second kappa shape index (κ2) is 2.55. The number of aromatic nitrogens is 2. The predicted molar refractivity (Wildman–Crippen MR) is 49.0 cm³/mol. The van der Waals surface area contributed by atoms with E-state index in [-0.39, 0.29) is 0 Å². The first-order chi connectivity index (χ1) is 5.79. The van der Waals surface area contributed by atoms with Crippen LogP contribution in [0, 0.1) is 13.8 Å².